The van der Waals surface area contributed by atoms with Crippen LogP contribution < -0.4 is 15.8 Å². The minimum Gasteiger partial charge on any atom is -0.484 e. The third-order valence-corrected chi connectivity index (χ3v) is 2.90. The molecule has 0 heterocycles. The topological polar surface area (TPSA) is 67.6 Å². The Labute approximate surface area is 114 Å². The zero-order valence-electron chi connectivity index (χ0n) is 11.8. The van der Waals surface area contributed by atoms with E-state index >= 15 is 0 Å². The van der Waals surface area contributed by atoms with Crippen LogP contribution in [0.15, 0.2) is 24.3 Å². The molecule has 0 fully saturated rings. The fourth-order valence-electron chi connectivity index (χ4n) is 1.43. The lowest BCUT2D eigenvalue weighted by molar-refractivity contribution is -0.123. The molecule has 5 nitrogen and oxygen atoms in total. The number of hydrogen-bond acceptors (Lipinski definition) is 4. The number of anilines is 1. The van der Waals surface area contributed by atoms with Crippen LogP contribution in [0.2, 0.25) is 0 Å². The molecule has 3 N–H and O–H groups in total. The number of ether oxygens (including phenoxy) is 1. The van der Waals surface area contributed by atoms with Crippen molar-refractivity contribution in [3.05, 3.63) is 24.3 Å². The van der Waals surface area contributed by atoms with Crippen LogP contribution in [0.3, 0.4) is 0 Å². The predicted octanol–water partition coefficient (Wildman–Crippen LogP) is 1.10. The van der Waals surface area contributed by atoms with Crippen molar-refractivity contribution in [2.24, 2.45) is 0 Å². The second-order valence-electron chi connectivity index (χ2n) is 4.79. The van der Waals surface area contributed by atoms with Gasteiger partial charge in [-0.25, -0.2) is 0 Å². The summed E-state index contributed by atoms with van der Waals surface area (Å²) >= 11 is 0. The van der Waals surface area contributed by atoms with Gasteiger partial charge in [0.2, 0.25) is 0 Å². The van der Waals surface area contributed by atoms with Crippen LogP contribution in [0.4, 0.5) is 5.69 Å². The lowest BCUT2D eigenvalue weighted by Crippen LogP contribution is -2.37. The number of nitrogens with zero attached hydrogens (tertiary/aromatic N) is 1. The summed E-state index contributed by atoms with van der Waals surface area (Å²) in [5, 5.41) is 2.82. The molecule has 0 aromatic heterocycles. The van der Waals surface area contributed by atoms with Crippen LogP contribution in [0.5, 0.6) is 5.75 Å². The van der Waals surface area contributed by atoms with E-state index < -0.39 is 0 Å². The maximum Gasteiger partial charge on any atom is 0.257 e. The Morgan fingerprint density at radius 2 is 2.21 bits per heavy atom. The van der Waals surface area contributed by atoms with Gasteiger partial charge in [0.05, 0.1) is 0 Å². The van der Waals surface area contributed by atoms with E-state index in [1.165, 1.54) is 0 Å². The van der Waals surface area contributed by atoms with Crippen molar-refractivity contribution in [1.29, 1.82) is 0 Å². The molecule has 0 atom stereocenters. The first-order valence-corrected chi connectivity index (χ1v) is 6.44. The maximum absolute atomic E-state index is 11.6. The van der Waals surface area contributed by atoms with Gasteiger partial charge >= 0.3 is 0 Å². The summed E-state index contributed by atoms with van der Waals surface area (Å²) in [7, 11) is 2.03. The first-order chi connectivity index (χ1) is 8.99. The summed E-state index contributed by atoms with van der Waals surface area (Å²) in [5.41, 5.74) is 6.24. The van der Waals surface area contributed by atoms with Gasteiger partial charge in [-0.1, -0.05) is 6.07 Å². The highest BCUT2D eigenvalue weighted by Gasteiger charge is 2.05. The number of carbonyl (C=O) groups is 1. The largest absolute Gasteiger partial charge is 0.484 e. The molecule has 0 unspecified atom stereocenters. The smallest absolute Gasteiger partial charge is 0.257 e. The maximum atomic E-state index is 11.6. The summed E-state index contributed by atoms with van der Waals surface area (Å²) < 4.78 is 5.35. The molecule has 0 saturated heterocycles. The first kappa shape index (κ1) is 15.3. The molecule has 106 valence electrons. The van der Waals surface area contributed by atoms with E-state index in [9.17, 15) is 4.79 Å². The number of hydrogen-bond donors (Lipinski definition) is 2. The second-order valence-corrected chi connectivity index (χ2v) is 4.79. The summed E-state index contributed by atoms with van der Waals surface area (Å²) in [4.78, 5) is 13.7. The van der Waals surface area contributed by atoms with E-state index in [-0.39, 0.29) is 12.5 Å². The molecule has 19 heavy (non-hydrogen) atoms. The van der Waals surface area contributed by atoms with Crippen LogP contribution in [0.1, 0.15) is 13.8 Å². The number of rotatable bonds is 7. The lowest BCUT2D eigenvalue weighted by Gasteiger charge is -2.20. The van der Waals surface area contributed by atoms with Gasteiger partial charge in [0.1, 0.15) is 5.75 Å². The van der Waals surface area contributed by atoms with E-state index in [1.807, 2.05) is 7.05 Å². The van der Waals surface area contributed by atoms with Crippen molar-refractivity contribution in [3.8, 4) is 5.75 Å². The molecule has 1 aromatic rings. The molecule has 0 spiro atoms. The molecular weight excluding hydrogens is 242 g/mol. The number of nitrogen functional groups attached to an aromatic ring is 1. The van der Waals surface area contributed by atoms with Gasteiger partial charge < -0.3 is 20.7 Å². The number of benzene rings is 1. The highest BCUT2D eigenvalue weighted by atomic mass is 16.5. The van der Waals surface area contributed by atoms with Crippen molar-refractivity contribution in [2.75, 3.05) is 32.5 Å². The van der Waals surface area contributed by atoms with Gasteiger partial charge in [-0.2, -0.15) is 0 Å². The molecule has 0 aliphatic rings. The summed E-state index contributed by atoms with van der Waals surface area (Å²) in [6.07, 6.45) is 0. The Bertz CT molecular complexity index is 407. The fourth-order valence-corrected chi connectivity index (χ4v) is 1.43. The monoisotopic (exact) mass is 265 g/mol. The number of nitrogens with two attached hydrogens (primary N) is 1. The van der Waals surface area contributed by atoms with E-state index in [1.54, 1.807) is 24.3 Å². The quantitative estimate of drug-likeness (QED) is 0.725. The molecule has 5 heteroatoms. The third-order valence-electron chi connectivity index (χ3n) is 2.90. The Balaban J connectivity index is 2.21. The highest BCUT2D eigenvalue weighted by molar-refractivity contribution is 5.77. The van der Waals surface area contributed by atoms with Crippen LogP contribution in [0, 0.1) is 0 Å². The molecule has 0 aliphatic carbocycles. The second kappa shape index (κ2) is 7.63. The Kier molecular flexibility index (Phi) is 6.15. The van der Waals surface area contributed by atoms with Crippen molar-refractivity contribution in [3.63, 3.8) is 0 Å². The number of likely N-dealkylation sites (N-methyl/N-ethyl adjacent to an activating group) is 1. The predicted molar refractivity (Wildman–Crippen MR) is 77.1 cm³/mol. The first-order valence-electron chi connectivity index (χ1n) is 6.44. The van der Waals surface area contributed by atoms with E-state index in [2.05, 4.69) is 24.1 Å². The van der Waals surface area contributed by atoms with E-state index in [0.717, 1.165) is 6.54 Å². The van der Waals surface area contributed by atoms with E-state index in [0.29, 0.717) is 24.0 Å². The summed E-state index contributed by atoms with van der Waals surface area (Å²) in [6.45, 7) is 5.68. The van der Waals surface area contributed by atoms with Crippen LogP contribution in [-0.4, -0.2) is 43.6 Å². The number of nitrogens with one attached hydrogen (secondary N) is 1. The number of carbonyl (C=O) groups excluding carboxylic acids is 1. The Morgan fingerprint density at radius 3 is 2.84 bits per heavy atom. The minimum absolute atomic E-state index is 0.00878. The van der Waals surface area contributed by atoms with Crippen molar-refractivity contribution >= 4 is 11.6 Å². The molecule has 1 rings (SSSR count). The molecule has 0 bridgehead atoms. The van der Waals surface area contributed by atoms with Crippen molar-refractivity contribution in [1.82, 2.24) is 10.2 Å². The standard InChI is InChI=1S/C14H23N3O2/c1-11(2)17(3)8-7-16-14(18)10-19-13-6-4-5-12(15)9-13/h4-6,9,11H,7-8,10,15H2,1-3H3,(H,16,18). The summed E-state index contributed by atoms with van der Waals surface area (Å²) in [6, 6.07) is 7.51. The minimum atomic E-state index is -0.125. The van der Waals surface area contributed by atoms with Crippen LogP contribution >= 0.6 is 0 Å². The zero-order valence-corrected chi connectivity index (χ0v) is 11.8. The zero-order chi connectivity index (χ0) is 14.3. The van der Waals surface area contributed by atoms with Gasteiger partial charge in [0.25, 0.3) is 5.91 Å². The fraction of sp³-hybridized carbons (Fsp3) is 0.500. The van der Waals surface area contributed by atoms with Gasteiger partial charge in [-0.05, 0) is 33.0 Å². The molecular formula is C14H23N3O2. The number of amides is 1. The molecule has 1 amide bonds. The SMILES string of the molecule is CC(C)N(C)CCNC(=O)COc1cccc(N)c1. The molecule has 1 aromatic carbocycles. The average Bonchev–Trinajstić information content (AvgIpc) is 2.36. The molecule has 0 radical (unpaired) electrons. The molecule has 0 aliphatic heterocycles. The normalized spacial score (nSPS) is 10.8. The van der Waals surface area contributed by atoms with Gasteiger partial charge in [0, 0.05) is 30.9 Å². The van der Waals surface area contributed by atoms with Crippen molar-refractivity contribution in [2.45, 2.75) is 19.9 Å². The third kappa shape index (κ3) is 6.10. The molecule has 0 saturated carbocycles. The van der Waals surface area contributed by atoms with Gasteiger partial charge in [0.15, 0.2) is 6.61 Å². The van der Waals surface area contributed by atoms with Gasteiger partial charge in [-0.15, -0.1) is 0 Å². The summed E-state index contributed by atoms with van der Waals surface area (Å²) in [5.74, 6) is 0.481. The lowest BCUT2D eigenvalue weighted by atomic mass is 10.3. The Morgan fingerprint density at radius 1 is 1.47 bits per heavy atom. The Hall–Kier alpha value is -1.75. The van der Waals surface area contributed by atoms with Gasteiger partial charge in [-0.3, -0.25) is 4.79 Å². The van der Waals surface area contributed by atoms with E-state index in [4.69, 9.17) is 10.5 Å². The van der Waals surface area contributed by atoms with Crippen LogP contribution in [0.25, 0.3) is 0 Å². The van der Waals surface area contributed by atoms with Crippen molar-refractivity contribution < 1.29 is 9.53 Å². The average molecular weight is 265 g/mol. The highest BCUT2D eigenvalue weighted by Crippen LogP contribution is 2.13. The van der Waals surface area contributed by atoms with Crippen LogP contribution in [-0.2, 0) is 4.79 Å².